The van der Waals surface area contributed by atoms with Crippen molar-refractivity contribution < 1.29 is 5.11 Å². The molecule has 3 aromatic rings. The number of aromatic hydroxyl groups is 1. The molecule has 0 fully saturated rings. The third-order valence-electron chi connectivity index (χ3n) is 2.68. The second-order valence-electron chi connectivity index (χ2n) is 3.79. The van der Waals surface area contributed by atoms with Crippen molar-refractivity contribution in [2.75, 3.05) is 0 Å². The lowest BCUT2D eigenvalue weighted by Gasteiger charge is -2.04. The molecule has 0 saturated heterocycles. The fourth-order valence-corrected chi connectivity index (χ4v) is 2.02. The van der Waals surface area contributed by atoms with E-state index in [0.29, 0.717) is 16.7 Å². The van der Waals surface area contributed by atoms with Gasteiger partial charge in [-0.2, -0.15) is 0 Å². The van der Waals surface area contributed by atoms with Gasteiger partial charge in [-0.3, -0.25) is 9.55 Å². The van der Waals surface area contributed by atoms with Gasteiger partial charge in [0.25, 0.3) is 0 Å². The molecule has 0 aliphatic heterocycles. The monoisotopic (exact) mass is 261 g/mol. The van der Waals surface area contributed by atoms with Gasteiger partial charge in [-0.1, -0.05) is 11.6 Å². The summed E-state index contributed by atoms with van der Waals surface area (Å²) < 4.78 is 1.45. The number of halogens is 1. The number of nitrogens with one attached hydrogen (secondary N) is 1. The van der Waals surface area contributed by atoms with Crippen molar-refractivity contribution in [3.05, 3.63) is 52.2 Å². The van der Waals surface area contributed by atoms with Crippen LogP contribution in [0.3, 0.4) is 0 Å². The number of aromatic amines is 1. The Morgan fingerprint density at radius 3 is 2.94 bits per heavy atom. The zero-order valence-electron chi connectivity index (χ0n) is 9.09. The van der Waals surface area contributed by atoms with Crippen molar-refractivity contribution in [3.63, 3.8) is 0 Å². The largest absolute Gasteiger partial charge is 0.506 e. The Bertz CT molecular complexity index is 791. The van der Waals surface area contributed by atoms with Gasteiger partial charge in [-0.25, -0.2) is 4.79 Å². The average Bonchev–Trinajstić information content (AvgIpc) is 2.69. The van der Waals surface area contributed by atoms with E-state index in [0.717, 1.165) is 0 Å². The second-order valence-corrected chi connectivity index (χ2v) is 4.20. The van der Waals surface area contributed by atoms with E-state index in [2.05, 4.69) is 9.97 Å². The number of hydrogen-bond donors (Lipinski definition) is 2. The van der Waals surface area contributed by atoms with Crippen molar-refractivity contribution in [3.8, 4) is 11.4 Å². The smallest absolute Gasteiger partial charge is 0.331 e. The van der Waals surface area contributed by atoms with Crippen molar-refractivity contribution in [2.45, 2.75) is 0 Å². The highest BCUT2D eigenvalue weighted by Crippen LogP contribution is 2.26. The standard InChI is InChI=1S/C12H8ClN3O2/c13-8-5-7(1-2-11(8)17)16-10-6-14-4-3-9(10)15-12(16)18/h1-6,17H,(H,15,18). The predicted molar refractivity (Wildman–Crippen MR) is 68.4 cm³/mol. The molecule has 2 heterocycles. The Morgan fingerprint density at radius 2 is 2.17 bits per heavy atom. The van der Waals surface area contributed by atoms with Crippen LogP contribution in [-0.4, -0.2) is 19.6 Å². The minimum atomic E-state index is -0.278. The van der Waals surface area contributed by atoms with Crippen LogP contribution in [-0.2, 0) is 0 Å². The molecule has 2 aromatic heterocycles. The van der Waals surface area contributed by atoms with Crippen LogP contribution >= 0.6 is 11.6 Å². The number of imidazole rings is 1. The molecule has 0 atom stereocenters. The van der Waals surface area contributed by atoms with Crippen LogP contribution in [0.15, 0.2) is 41.5 Å². The van der Waals surface area contributed by atoms with E-state index < -0.39 is 0 Å². The van der Waals surface area contributed by atoms with Gasteiger partial charge in [0.2, 0.25) is 0 Å². The highest BCUT2D eigenvalue weighted by atomic mass is 35.5. The summed E-state index contributed by atoms with van der Waals surface area (Å²) in [6.45, 7) is 0. The number of benzene rings is 1. The van der Waals surface area contributed by atoms with E-state index in [-0.39, 0.29) is 16.5 Å². The van der Waals surface area contributed by atoms with Crippen LogP contribution in [0.5, 0.6) is 5.75 Å². The zero-order valence-corrected chi connectivity index (χ0v) is 9.85. The maximum atomic E-state index is 11.9. The van der Waals surface area contributed by atoms with Crippen LogP contribution in [0.2, 0.25) is 5.02 Å². The molecule has 0 unspecified atom stereocenters. The van der Waals surface area contributed by atoms with Crippen LogP contribution in [0.25, 0.3) is 16.7 Å². The van der Waals surface area contributed by atoms with Crippen LogP contribution in [0.1, 0.15) is 0 Å². The first kappa shape index (κ1) is 10.9. The second kappa shape index (κ2) is 3.89. The summed E-state index contributed by atoms with van der Waals surface area (Å²) in [5.74, 6) is -0.0218. The van der Waals surface area contributed by atoms with E-state index in [1.54, 1.807) is 24.5 Å². The molecule has 0 aliphatic carbocycles. The number of phenols is 1. The Kier molecular flexibility index (Phi) is 2.34. The summed E-state index contributed by atoms with van der Waals surface area (Å²) in [5, 5.41) is 9.58. The molecule has 2 N–H and O–H groups in total. The summed E-state index contributed by atoms with van der Waals surface area (Å²) in [6, 6.07) is 6.30. The molecule has 0 spiro atoms. The molecule has 0 saturated carbocycles. The van der Waals surface area contributed by atoms with E-state index in [9.17, 15) is 9.90 Å². The van der Waals surface area contributed by atoms with Gasteiger partial charge >= 0.3 is 5.69 Å². The molecule has 90 valence electrons. The summed E-state index contributed by atoms with van der Waals surface area (Å²) in [6.07, 6.45) is 3.19. The molecule has 5 nitrogen and oxygen atoms in total. The summed E-state index contributed by atoms with van der Waals surface area (Å²) >= 11 is 5.84. The lowest BCUT2D eigenvalue weighted by molar-refractivity contribution is 0.475. The van der Waals surface area contributed by atoms with Crippen molar-refractivity contribution in [1.82, 2.24) is 14.5 Å². The van der Waals surface area contributed by atoms with Crippen LogP contribution < -0.4 is 5.69 Å². The van der Waals surface area contributed by atoms with Gasteiger partial charge in [-0.05, 0) is 24.3 Å². The first-order valence-corrected chi connectivity index (χ1v) is 5.58. The van der Waals surface area contributed by atoms with Crippen molar-refractivity contribution in [1.29, 1.82) is 0 Å². The molecule has 6 heteroatoms. The minimum absolute atomic E-state index is 0.0218. The minimum Gasteiger partial charge on any atom is -0.506 e. The van der Waals surface area contributed by atoms with Gasteiger partial charge in [-0.15, -0.1) is 0 Å². The van der Waals surface area contributed by atoms with Crippen LogP contribution in [0, 0.1) is 0 Å². The Balaban J connectivity index is 2.34. The molecular formula is C12H8ClN3O2. The first-order chi connectivity index (χ1) is 8.66. The summed E-state index contributed by atoms with van der Waals surface area (Å²) in [4.78, 5) is 18.6. The maximum absolute atomic E-state index is 11.9. The lowest BCUT2D eigenvalue weighted by atomic mass is 10.3. The van der Waals surface area contributed by atoms with Crippen LogP contribution in [0.4, 0.5) is 0 Å². The number of rotatable bonds is 1. The highest BCUT2D eigenvalue weighted by Gasteiger charge is 2.09. The normalized spacial score (nSPS) is 10.9. The van der Waals surface area contributed by atoms with Gasteiger partial charge in [0.1, 0.15) is 5.75 Å². The number of phenolic OH excluding ortho intramolecular Hbond substituents is 1. The number of nitrogens with zero attached hydrogens (tertiary/aromatic N) is 2. The molecule has 1 aromatic carbocycles. The Morgan fingerprint density at radius 1 is 1.33 bits per heavy atom. The summed E-state index contributed by atoms with van der Waals surface area (Å²) in [5.41, 5.74) is 1.64. The average molecular weight is 262 g/mol. The number of H-pyrrole nitrogens is 1. The van der Waals surface area contributed by atoms with E-state index in [4.69, 9.17) is 11.6 Å². The molecule has 0 aliphatic rings. The van der Waals surface area contributed by atoms with Gasteiger partial charge in [0.05, 0.1) is 27.9 Å². The lowest BCUT2D eigenvalue weighted by Crippen LogP contribution is -2.14. The maximum Gasteiger partial charge on any atom is 0.331 e. The topological polar surface area (TPSA) is 70.9 Å². The molecule has 0 bridgehead atoms. The zero-order chi connectivity index (χ0) is 12.7. The first-order valence-electron chi connectivity index (χ1n) is 5.20. The SMILES string of the molecule is O=c1[nH]c2ccncc2n1-c1ccc(O)c(Cl)c1. The third kappa shape index (κ3) is 1.56. The van der Waals surface area contributed by atoms with E-state index in [1.165, 1.54) is 16.7 Å². The molecule has 18 heavy (non-hydrogen) atoms. The van der Waals surface area contributed by atoms with Gasteiger partial charge in [0, 0.05) is 6.20 Å². The fourth-order valence-electron chi connectivity index (χ4n) is 1.84. The number of fused-ring (bicyclic) bond motifs is 1. The number of aromatic nitrogens is 3. The van der Waals surface area contributed by atoms with Crippen molar-refractivity contribution in [2.24, 2.45) is 0 Å². The van der Waals surface area contributed by atoms with E-state index >= 15 is 0 Å². The molecule has 0 radical (unpaired) electrons. The van der Waals surface area contributed by atoms with Gasteiger partial charge in [0.15, 0.2) is 0 Å². The van der Waals surface area contributed by atoms with Gasteiger partial charge < -0.3 is 10.1 Å². The molecule has 0 amide bonds. The highest BCUT2D eigenvalue weighted by molar-refractivity contribution is 6.32. The molecular weight excluding hydrogens is 254 g/mol. The Labute approximate surface area is 106 Å². The quantitative estimate of drug-likeness (QED) is 0.704. The number of pyridine rings is 1. The predicted octanol–water partition coefficient (Wildman–Crippen LogP) is 2.07. The third-order valence-corrected chi connectivity index (χ3v) is 2.98. The summed E-state index contributed by atoms with van der Waals surface area (Å²) in [7, 11) is 0. The molecule has 3 rings (SSSR count). The van der Waals surface area contributed by atoms with E-state index in [1.807, 2.05) is 0 Å². The number of hydrogen-bond acceptors (Lipinski definition) is 3. The van der Waals surface area contributed by atoms with Crippen molar-refractivity contribution >= 4 is 22.6 Å². The fraction of sp³-hybridized carbons (Fsp3) is 0. The Hall–Kier alpha value is -2.27.